The molecule has 0 bridgehead atoms. The molecule has 4 nitrogen and oxygen atoms in total. The summed E-state index contributed by atoms with van der Waals surface area (Å²) in [6, 6.07) is 25.7. The molecule has 0 saturated heterocycles. The fourth-order valence-electron chi connectivity index (χ4n) is 3.44. The molecule has 0 saturated carbocycles. The van der Waals surface area contributed by atoms with Crippen molar-refractivity contribution in [3.63, 3.8) is 0 Å². The number of anilines is 1. The zero-order chi connectivity index (χ0) is 22.7. The second-order valence-corrected chi connectivity index (χ2v) is 9.00. The van der Waals surface area contributed by atoms with Gasteiger partial charge in [-0.1, -0.05) is 78.4 Å². The second kappa shape index (κ2) is 8.77. The van der Waals surface area contributed by atoms with E-state index in [1.807, 2.05) is 6.92 Å². The van der Waals surface area contributed by atoms with E-state index in [-0.39, 0.29) is 33.1 Å². The van der Waals surface area contributed by atoms with Gasteiger partial charge in [0.05, 0.1) is 10.6 Å². The highest BCUT2D eigenvalue weighted by atomic mass is 32.2. The summed E-state index contributed by atoms with van der Waals surface area (Å²) in [7, 11) is -3.92. The van der Waals surface area contributed by atoms with Crippen LogP contribution in [0, 0.1) is 12.7 Å². The van der Waals surface area contributed by atoms with Gasteiger partial charge in [-0.3, -0.25) is 9.52 Å². The predicted molar refractivity (Wildman–Crippen MR) is 124 cm³/mol. The Labute approximate surface area is 186 Å². The highest BCUT2D eigenvalue weighted by molar-refractivity contribution is 7.92. The lowest BCUT2D eigenvalue weighted by molar-refractivity contribution is 0.103. The Kier molecular flexibility index (Phi) is 5.88. The fourth-order valence-corrected chi connectivity index (χ4v) is 4.52. The summed E-state index contributed by atoms with van der Waals surface area (Å²) >= 11 is 0. The van der Waals surface area contributed by atoms with E-state index in [4.69, 9.17) is 0 Å². The Morgan fingerprint density at radius 1 is 0.781 bits per heavy atom. The molecule has 32 heavy (non-hydrogen) atoms. The monoisotopic (exact) mass is 445 g/mol. The maximum Gasteiger partial charge on any atom is 0.261 e. The molecule has 0 aliphatic rings. The van der Waals surface area contributed by atoms with Gasteiger partial charge in [0, 0.05) is 22.3 Å². The average Bonchev–Trinajstić information content (AvgIpc) is 2.80. The minimum atomic E-state index is -3.92. The van der Waals surface area contributed by atoms with Crippen LogP contribution < -0.4 is 4.72 Å². The van der Waals surface area contributed by atoms with Gasteiger partial charge in [-0.25, -0.2) is 12.8 Å². The van der Waals surface area contributed by atoms with Gasteiger partial charge >= 0.3 is 0 Å². The molecule has 1 N–H and O–H groups in total. The first-order valence-corrected chi connectivity index (χ1v) is 11.4. The number of rotatable bonds is 6. The minimum Gasteiger partial charge on any atom is -0.289 e. The normalized spacial score (nSPS) is 11.2. The van der Waals surface area contributed by atoms with E-state index in [9.17, 15) is 13.2 Å². The summed E-state index contributed by atoms with van der Waals surface area (Å²) in [5.74, 6) is -0.968. The third-order valence-corrected chi connectivity index (χ3v) is 6.45. The highest BCUT2D eigenvalue weighted by Gasteiger charge is 2.22. The Balaban J connectivity index is 1.82. The van der Waals surface area contributed by atoms with Crippen molar-refractivity contribution in [3.8, 4) is 11.1 Å². The second-order valence-electron chi connectivity index (χ2n) is 7.32. The number of hydrogen-bond acceptors (Lipinski definition) is 3. The fraction of sp³-hybridized carbons (Fsp3) is 0.0385. The van der Waals surface area contributed by atoms with Gasteiger partial charge in [0.15, 0.2) is 5.78 Å². The van der Waals surface area contributed by atoms with Crippen LogP contribution in [0.2, 0.25) is 0 Å². The molecule has 0 unspecified atom stereocenters. The van der Waals surface area contributed by atoms with Gasteiger partial charge in [-0.2, -0.15) is 0 Å². The van der Waals surface area contributed by atoms with E-state index in [1.165, 1.54) is 24.3 Å². The molecule has 4 aromatic rings. The lowest BCUT2D eigenvalue weighted by atomic mass is 9.92. The highest BCUT2D eigenvalue weighted by Crippen LogP contribution is 2.35. The third-order valence-electron chi connectivity index (χ3n) is 5.07. The topological polar surface area (TPSA) is 63.2 Å². The Morgan fingerprint density at radius 3 is 2.16 bits per heavy atom. The van der Waals surface area contributed by atoms with Gasteiger partial charge in [0.2, 0.25) is 0 Å². The van der Waals surface area contributed by atoms with Gasteiger partial charge in [0.25, 0.3) is 10.0 Å². The molecule has 0 fully saturated rings. The summed E-state index contributed by atoms with van der Waals surface area (Å²) in [6.07, 6.45) is 0. The number of carbonyl (C=O) groups is 1. The lowest BCUT2D eigenvalue weighted by Crippen LogP contribution is -2.14. The van der Waals surface area contributed by atoms with Crippen LogP contribution >= 0.6 is 0 Å². The van der Waals surface area contributed by atoms with E-state index < -0.39 is 15.8 Å². The number of halogens is 1. The largest absolute Gasteiger partial charge is 0.289 e. The van der Waals surface area contributed by atoms with Gasteiger partial charge < -0.3 is 0 Å². The zero-order valence-electron chi connectivity index (χ0n) is 17.2. The number of para-hydroxylation sites is 1. The van der Waals surface area contributed by atoms with Crippen LogP contribution in [0.3, 0.4) is 0 Å². The maximum absolute atomic E-state index is 15.1. The smallest absolute Gasteiger partial charge is 0.261 e. The molecule has 160 valence electrons. The van der Waals surface area contributed by atoms with Gasteiger partial charge in [-0.15, -0.1) is 0 Å². The quantitative estimate of drug-likeness (QED) is 0.380. The SMILES string of the molecule is Cc1ccc(S(=O)(=O)Nc2ccccc2-c2c(F)cccc2C(=O)c2ccccc2)cc1. The Bertz CT molecular complexity index is 1380. The first kappa shape index (κ1) is 21.5. The molecule has 0 spiro atoms. The number of carbonyl (C=O) groups excluding carboxylic acids is 1. The van der Waals surface area contributed by atoms with E-state index in [0.717, 1.165) is 5.56 Å². The van der Waals surface area contributed by atoms with Crippen LogP contribution in [-0.4, -0.2) is 14.2 Å². The van der Waals surface area contributed by atoms with E-state index in [1.54, 1.807) is 72.8 Å². The first-order valence-electron chi connectivity index (χ1n) is 9.94. The van der Waals surface area contributed by atoms with Crippen molar-refractivity contribution in [2.75, 3.05) is 4.72 Å². The van der Waals surface area contributed by atoms with Crippen molar-refractivity contribution < 1.29 is 17.6 Å². The number of nitrogens with one attached hydrogen (secondary N) is 1. The molecule has 6 heteroatoms. The lowest BCUT2D eigenvalue weighted by Gasteiger charge is -2.16. The minimum absolute atomic E-state index is 0.0450. The van der Waals surface area contributed by atoms with Crippen molar-refractivity contribution in [1.82, 2.24) is 0 Å². The number of benzene rings is 4. The maximum atomic E-state index is 15.1. The number of hydrogen-bond donors (Lipinski definition) is 1. The number of ketones is 1. The number of sulfonamides is 1. The van der Waals surface area contributed by atoms with E-state index >= 15 is 4.39 Å². The molecule has 0 aliphatic carbocycles. The first-order chi connectivity index (χ1) is 15.4. The summed E-state index contributed by atoms with van der Waals surface area (Å²) in [4.78, 5) is 13.2. The van der Waals surface area contributed by atoms with Crippen LogP contribution in [0.15, 0.2) is 102 Å². The molecule has 0 amide bonds. The van der Waals surface area contributed by atoms with E-state index in [0.29, 0.717) is 5.56 Å². The van der Waals surface area contributed by atoms with Crippen molar-refractivity contribution >= 4 is 21.5 Å². The van der Waals surface area contributed by atoms with Crippen LogP contribution in [0.1, 0.15) is 21.5 Å². The Morgan fingerprint density at radius 2 is 1.44 bits per heavy atom. The molecule has 0 aromatic heterocycles. The summed E-state index contributed by atoms with van der Waals surface area (Å²) in [5, 5.41) is 0. The van der Waals surface area contributed by atoms with Gasteiger partial charge in [-0.05, 0) is 31.2 Å². The average molecular weight is 446 g/mol. The predicted octanol–water partition coefficient (Wildman–Crippen LogP) is 5.83. The molecule has 0 radical (unpaired) electrons. The summed E-state index contributed by atoms with van der Waals surface area (Å²) in [5.41, 5.74) is 2.00. The van der Waals surface area contributed by atoms with Crippen LogP contribution in [-0.2, 0) is 10.0 Å². The molecule has 4 aromatic carbocycles. The molecule has 0 aliphatic heterocycles. The van der Waals surface area contributed by atoms with Crippen molar-refractivity contribution in [2.24, 2.45) is 0 Å². The van der Waals surface area contributed by atoms with Crippen LogP contribution in [0.5, 0.6) is 0 Å². The van der Waals surface area contributed by atoms with Crippen LogP contribution in [0.4, 0.5) is 10.1 Å². The van der Waals surface area contributed by atoms with Crippen molar-refractivity contribution in [1.29, 1.82) is 0 Å². The molecular weight excluding hydrogens is 425 g/mol. The van der Waals surface area contributed by atoms with Crippen LogP contribution in [0.25, 0.3) is 11.1 Å². The number of aryl methyl sites for hydroxylation is 1. The van der Waals surface area contributed by atoms with Crippen molar-refractivity contribution in [3.05, 3.63) is 120 Å². The zero-order valence-corrected chi connectivity index (χ0v) is 18.1. The van der Waals surface area contributed by atoms with E-state index in [2.05, 4.69) is 4.72 Å². The molecular formula is C26H20FNO3S. The third kappa shape index (κ3) is 4.31. The molecule has 4 rings (SSSR count). The molecule has 0 heterocycles. The Hall–Kier alpha value is -3.77. The summed E-state index contributed by atoms with van der Waals surface area (Å²) in [6.45, 7) is 1.86. The van der Waals surface area contributed by atoms with Gasteiger partial charge in [0.1, 0.15) is 5.82 Å². The molecule has 0 atom stereocenters. The standard InChI is InChI=1S/C26H20FNO3S/c1-18-14-16-20(17-15-18)32(30,31)28-24-13-6-5-10-21(24)25-22(11-7-12-23(25)27)26(29)19-8-3-2-4-9-19/h2-17,28H,1H3. The summed E-state index contributed by atoms with van der Waals surface area (Å²) < 4.78 is 43.5. The van der Waals surface area contributed by atoms with Crippen molar-refractivity contribution in [2.45, 2.75) is 11.8 Å².